The molecule has 2 rings (SSSR count). The summed E-state index contributed by atoms with van der Waals surface area (Å²) in [6, 6.07) is 4.92. The molecule has 94 valence electrons. The normalized spacial score (nSPS) is 10.4. The highest BCUT2D eigenvalue weighted by molar-refractivity contribution is 5.66. The summed E-state index contributed by atoms with van der Waals surface area (Å²) in [7, 11) is 1.48. The Morgan fingerprint density at radius 3 is 2.50 bits per heavy atom. The number of hydrogen-bond donors (Lipinski definition) is 1. The van der Waals surface area contributed by atoms with Crippen LogP contribution in [0.5, 0.6) is 5.88 Å². The fourth-order valence-corrected chi connectivity index (χ4v) is 1.92. The minimum Gasteiger partial charge on any atom is -0.481 e. The Morgan fingerprint density at radius 1 is 1.17 bits per heavy atom. The molecule has 0 aliphatic heterocycles. The Balaban J connectivity index is 2.65. The zero-order valence-corrected chi connectivity index (χ0v) is 10.5. The van der Waals surface area contributed by atoms with Gasteiger partial charge in [-0.05, 0) is 31.0 Å². The van der Waals surface area contributed by atoms with Crippen molar-refractivity contribution in [1.82, 2.24) is 9.97 Å². The fraction of sp³-hybridized carbons (Fsp3) is 0.231. The van der Waals surface area contributed by atoms with Crippen LogP contribution in [0.25, 0.3) is 11.3 Å². The number of nitrogens with two attached hydrogens (primary N) is 1. The third-order valence-electron chi connectivity index (χ3n) is 2.62. The SMILES string of the molecule is COc1cc(-c2c(C)cc(C)cc2F)nc(N)n1. The second-order valence-corrected chi connectivity index (χ2v) is 4.09. The molecular weight excluding hydrogens is 233 g/mol. The van der Waals surface area contributed by atoms with Gasteiger partial charge in [0.15, 0.2) is 0 Å². The minimum absolute atomic E-state index is 0.0590. The maximum Gasteiger partial charge on any atom is 0.223 e. The topological polar surface area (TPSA) is 61.0 Å². The van der Waals surface area contributed by atoms with Crippen molar-refractivity contribution in [2.75, 3.05) is 12.8 Å². The van der Waals surface area contributed by atoms with E-state index in [1.54, 1.807) is 6.07 Å². The summed E-state index contributed by atoms with van der Waals surface area (Å²) in [5.41, 5.74) is 8.09. The zero-order chi connectivity index (χ0) is 13.3. The highest BCUT2D eigenvalue weighted by Gasteiger charge is 2.13. The summed E-state index contributed by atoms with van der Waals surface area (Å²) in [5.74, 6) is 0.0493. The summed E-state index contributed by atoms with van der Waals surface area (Å²) in [6.45, 7) is 3.67. The van der Waals surface area contributed by atoms with E-state index < -0.39 is 0 Å². The second-order valence-electron chi connectivity index (χ2n) is 4.09. The third kappa shape index (κ3) is 2.25. The van der Waals surface area contributed by atoms with Crippen LogP contribution < -0.4 is 10.5 Å². The van der Waals surface area contributed by atoms with Crippen LogP contribution in [0.3, 0.4) is 0 Å². The van der Waals surface area contributed by atoms with Gasteiger partial charge >= 0.3 is 0 Å². The Morgan fingerprint density at radius 2 is 1.89 bits per heavy atom. The molecule has 0 radical (unpaired) electrons. The zero-order valence-electron chi connectivity index (χ0n) is 10.5. The summed E-state index contributed by atoms with van der Waals surface area (Å²) < 4.78 is 19.0. The van der Waals surface area contributed by atoms with E-state index in [2.05, 4.69) is 9.97 Å². The van der Waals surface area contributed by atoms with E-state index in [-0.39, 0.29) is 11.8 Å². The average molecular weight is 247 g/mol. The summed E-state index contributed by atoms with van der Waals surface area (Å²) in [5, 5.41) is 0. The molecule has 2 N–H and O–H groups in total. The molecule has 1 heterocycles. The standard InChI is InChI=1S/C13H14FN3O/c1-7-4-8(2)12(9(14)5-7)10-6-11(18-3)17-13(15)16-10/h4-6H,1-3H3,(H2,15,16,17). The molecule has 0 spiro atoms. The van der Waals surface area contributed by atoms with Gasteiger partial charge < -0.3 is 10.5 Å². The number of aromatic nitrogens is 2. The van der Waals surface area contributed by atoms with Crippen molar-refractivity contribution in [2.45, 2.75) is 13.8 Å². The van der Waals surface area contributed by atoms with E-state index in [9.17, 15) is 4.39 Å². The molecule has 0 amide bonds. The van der Waals surface area contributed by atoms with E-state index in [0.717, 1.165) is 11.1 Å². The van der Waals surface area contributed by atoms with Crippen molar-refractivity contribution in [3.63, 3.8) is 0 Å². The average Bonchev–Trinajstić information content (AvgIpc) is 2.26. The molecule has 0 atom stereocenters. The lowest BCUT2D eigenvalue weighted by molar-refractivity contribution is 0.398. The van der Waals surface area contributed by atoms with Gasteiger partial charge in [-0.15, -0.1) is 0 Å². The first-order chi connectivity index (χ1) is 8.51. The third-order valence-corrected chi connectivity index (χ3v) is 2.62. The van der Waals surface area contributed by atoms with E-state index >= 15 is 0 Å². The molecule has 0 saturated heterocycles. The highest BCUT2D eigenvalue weighted by Crippen LogP contribution is 2.28. The van der Waals surface area contributed by atoms with Crippen LogP contribution in [-0.4, -0.2) is 17.1 Å². The number of anilines is 1. The fourth-order valence-electron chi connectivity index (χ4n) is 1.92. The van der Waals surface area contributed by atoms with Crippen LogP contribution in [0.2, 0.25) is 0 Å². The molecule has 1 aromatic heterocycles. The number of benzene rings is 1. The number of nitrogen functional groups attached to an aromatic ring is 1. The number of rotatable bonds is 2. The van der Waals surface area contributed by atoms with Crippen LogP contribution in [0.4, 0.5) is 10.3 Å². The van der Waals surface area contributed by atoms with Crippen molar-refractivity contribution >= 4 is 5.95 Å². The lowest BCUT2D eigenvalue weighted by Crippen LogP contribution is -2.01. The van der Waals surface area contributed by atoms with Crippen LogP contribution in [0.15, 0.2) is 18.2 Å². The maximum atomic E-state index is 14.0. The van der Waals surface area contributed by atoms with Crippen LogP contribution in [0, 0.1) is 19.7 Å². The highest BCUT2D eigenvalue weighted by atomic mass is 19.1. The van der Waals surface area contributed by atoms with Gasteiger partial charge in [-0.25, -0.2) is 9.37 Å². The lowest BCUT2D eigenvalue weighted by atomic mass is 10.0. The number of aryl methyl sites for hydroxylation is 2. The lowest BCUT2D eigenvalue weighted by Gasteiger charge is -2.09. The smallest absolute Gasteiger partial charge is 0.223 e. The molecule has 5 heteroatoms. The van der Waals surface area contributed by atoms with Crippen molar-refractivity contribution in [2.24, 2.45) is 0 Å². The van der Waals surface area contributed by atoms with Crippen molar-refractivity contribution in [3.05, 3.63) is 35.1 Å². The largest absolute Gasteiger partial charge is 0.481 e. The van der Waals surface area contributed by atoms with Crippen LogP contribution >= 0.6 is 0 Å². The van der Waals surface area contributed by atoms with Gasteiger partial charge in [0.05, 0.1) is 12.8 Å². The minimum atomic E-state index is -0.326. The molecule has 0 saturated carbocycles. The number of ether oxygens (including phenoxy) is 1. The molecule has 0 aliphatic carbocycles. The van der Waals surface area contributed by atoms with Crippen molar-refractivity contribution in [1.29, 1.82) is 0 Å². The Hall–Kier alpha value is -2.17. The van der Waals surface area contributed by atoms with E-state index in [0.29, 0.717) is 17.1 Å². The number of methoxy groups -OCH3 is 1. The first-order valence-corrected chi connectivity index (χ1v) is 5.47. The predicted molar refractivity (Wildman–Crippen MR) is 67.9 cm³/mol. The number of halogens is 1. The summed E-state index contributed by atoms with van der Waals surface area (Å²) >= 11 is 0. The molecule has 2 aromatic rings. The van der Waals surface area contributed by atoms with Gasteiger partial charge in [-0.2, -0.15) is 4.98 Å². The van der Waals surface area contributed by atoms with Gasteiger partial charge in [0.2, 0.25) is 11.8 Å². The number of hydrogen-bond acceptors (Lipinski definition) is 4. The van der Waals surface area contributed by atoms with Crippen molar-refractivity contribution in [3.8, 4) is 17.1 Å². The molecule has 4 nitrogen and oxygen atoms in total. The molecule has 0 fully saturated rings. The molecule has 1 aromatic carbocycles. The first-order valence-electron chi connectivity index (χ1n) is 5.47. The molecule has 0 unspecified atom stereocenters. The molecule has 0 aliphatic rings. The van der Waals surface area contributed by atoms with Crippen molar-refractivity contribution < 1.29 is 9.13 Å². The van der Waals surface area contributed by atoms with Gasteiger partial charge in [-0.1, -0.05) is 6.07 Å². The quantitative estimate of drug-likeness (QED) is 0.885. The van der Waals surface area contributed by atoms with Gasteiger partial charge in [-0.3, -0.25) is 0 Å². The summed E-state index contributed by atoms with van der Waals surface area (Å²) in [4.78, 5) is 7.93. The van der Waals surface area contributed by atoms with Crippen LogP contribution in [0.1, 0.15) is 11.1 Å². The van der Waals surface area contributed by atoms with Gasteiger partial charge in [0.1, 0.15) is 5.82 Å². The predicted octanol–water partition coefficient (Wildman–Crippen LogP) is 2.49. The molecule has 18 heavy (non-hydrogen) atoms. The maximum absolute atomic E-state index is 14.0. The van der Waals surface area contributed by atoms with Crippen LogP contribution in [-0.2, 0) is 0 Å². The molecular formula is C13H14FN3O. The van der Waals surface area contributed by atoms with E-state index in [1.807, 2.05) is 19.9 Å². The van der Waals surface area contributed by atoms with E-state index in [1.165, 1.54) is 13.2 Å². The first kappa shape index (κ1) is 12.3. The Kier molecular flexibility index (Phi) is 3.14. The van der Waals surface area contributed by atoms with Gasteiger partial charge in [0, 0.05) is 11.6 Å². The second kappa shape index (κ2) is 4.60. The van der Waals surface area contributed by atoms with E-state index in [4.69, 9.17) is 10.5 Å². The molecule has 0 bridgehead atoms. The Bertz CT molecular complexity index is 576. The number of nitrogens with zero attached hydrogens (tertiary/aromatic N) is 2. The van der Waals surface area contributed by atoms with Gasteiger partial charge in [0.25, 0.3) is 0 Å². The monoisotopic (exact) mass is 247 g/mol. The Labute approximate surface area is 105 Å². The summed E-state index contributed by atoms with van der Waals surface area (Å²) in [6.07, 6.45) is 0.